The molecule has 126 valence electrons. The standard InChI is InChI=1S/C16H25FN2O2.ClH/c1-21-15-8-7-13(12-14(15)17)9-11-19-16(20)6-4-2-3-5-10-18;/h7-8,12H,2-6,9-11,18H2,1H3,(H,19,20);1H. The second-order valence-corrected chi connectivity index (χ2v) is 5.02. The molecule has 0 heterocycles. The number of unbranched alkanes of at least 4 members (excludes halogenated alkanes) is 3. The molecule has 0 aromatic heterocycles. The maximum Gasteiger partial charge on any atom is 0.220 e. The first-order valence-corrected chi connectivity index (χ1v) is 7.46. The number of ether oxygens (including phenoxy) is 1. The highest BCUT2D eigenvalue weighted by Crippen LogP contribution is 2.17. The summed E-state index contributed by atoms with van der Waals surface area (Å²) in [5.74, 6) is -0.0850. The summed E-state index contributed by atoms with van der Waals surface area (Å²) in [6, 6.07) is 4.85. The number of nitrogens with one attached hydrogen (secondary N) is 1. The Labute approximate surface area is 138 Å². The van der Waals surface area contributed by atoms with Crippen LogP contribution in [0, 0.1) is 5.82 Å². The van der Waals surface area contributed by atoms with Crippen LogP contribution in [-0.2, 0) is 11.2 Å². The van der Waals surface area contributed by atoms with Gasteiger partial charge in [-0.1, -0.05) is 18.9 Å². The summed E-state index contributed by atoms with van der Waals surface area (Å²) < 4.78 is 18.3. The number of methoxy groups -OCH3 is 1. The minimum atomic E-state index is -0.374. The van der Waals surface area contributed by atoms with Crippen LogP contribution in [0.2, 0.25) is 0 Å². The largest absolute Gasteiger partial charge is 0.494 e. The molecular formula is C16H26ClFN2O2. The molecule has 1 aromatic rings. The van der Waals surface area contributed by atoms with E-state index in [1.165, 1.54) is 13.2 Å². The first-order valence-electron chi connectivity index (χ1n) is 7.46. The normalized spacial score (nSPS) is 9.95. The van der Waals surface area contributed by atoms with E-state index in [2.05, 4.69) is 5.32 Å². The summed E-state index contributed by atoms with van der Waals surface area (Å²) in [5.41, 5.74) is 6.25. The molecule has 0 radical (unpaired) electrons. The lowest BCUT2D eigenvalue weighted by atomic mass is 10.1. The zero-order valence-corrected chi connectivity index (χ0v) is 13.9. The van der Waals surface area contributed by atoms with E-state index in [-0.39, 0.29) is 29.9 Å². The third-order valence-corrected chi connectivity index (χ3v) is 3.31. The second kappa shape index (κ2) is 12.2. The zero-order valence-electron chi connectivity index (χ0n) is 13.1. The van der Waals surface area contributed by atoms with Gasteiger partial charge in [-0.3, -0.25) is 4.79 Å². The average Bonchev–Trinajstić information content (AvgIpc) is 2.47. The summed E-state index contributed by atoms with van der Waals surface area (Å²) in [7, 11) is 1.44. The minimum absolute atomic E-state index is 0. The fourth-order valence-corrected chi connectivity index (χ4v) is 2.08. The SMILES string of the molecule is COc1ccc(CCNC(=O)CCCCCCN)cc1F.Cl. The molecule has 0 saturated heterocycles. The van der Waals surface area contributed by atoms with Crippen molar-refractivity contribution in [1.29, 1.82) is 0 Å². The number of nitrogens with two attached hydrogens (primary N) is 1. The van der Waals surface area contributed by atoms with Gasteiger partial charge in [0.1, 0.15) is 0 Å². The number of benzene rings is 1. The van der Waals surface area contributed by atoms with E-state index in [1.54, 1.807) is 12.1 Å². The van der Waals surface area contributed by atoms with Gasteiger partial charge in [0, 0.05) is 13.0 Å². The summed E-state index contributed by atoms with van der Waals surface area (Å²) in [6.07, 6.45) is 5.18. The fourth-order valence-electron chi connectivity index (χ4n) is 2.08. The highest BCUT2D eigenvalue weighted by Gasteiger charge is 2.04. The molecular weight excluding hydrogens is 307 g/mol. The number of amides is 1. The van der Waals surface area contributed by atoms with Gasteiger partial charge in [0.25, 0.3) is 0 Å². The van der Waals surface area contributed by atoms with Crippen molar-refractivity contribution in [3.8, 4) is 5.75 Å². The van der Waals surface area contributed by atoms with Crippen molar-refractivity contribution in [3.05, 3.63) is 29.6 Å². The molecule has 0 saturated carbocycles. The molecule has 22 heavy (non-hydrogen) atoms. The fraction of sp³-hybridized carbons (Fsp3) is 0.562. The summed E-state index contributed by atoms with van der Waals surface area (Å²) in [4.78, 5) is 11.6. The Kier molecular flexibility index (Phi) is 11.5. The molecule has 4 nitrogen and oxygen atoms in total. The van der Waals surface area contributed by atoms with E-state index >= 15 is 0 Å². The predicted octanol–water partition coefficient (Wildman–Crippen LogP) is 2.82. The maximum absolute atomic E-state index is 13.5. The highest BCUT2D eigenvalue weighted by atomic mass is 35.5. The van der Waals surface area contributed by atoms with Gasteiger partial charge in [-0.2, -0.15) is 0 Å². The van der Waals surface area contributed by atoms with Crippen LogP contribution in [0.3, 0.4) is 0 Å². The van der Waals surface area contributed by atoms with Gasteiger partial charge in [-0.15, -0.1) is 12.4 Å². The number of halogens is 2. The highest BCUT2D eigenvalue weighted by molar-refractivity contribution is 5.85. The number of rotatable bonds is 10. The maximum atomic E-state index is 13.5. The van der Waals surface area contributed by atoms with Crippen molar-refractivity contribution in [3.63, 3.8) is 0 Å². The number of carbonyl (C=O) groups excluding carboxylic acids is 1. The Morgan fingerprint density at radius 1 is 1.27 bits per heavy atom. The Balaban J connectivity index is 0.00000441. The van der Waals surface area contributed by atoms with Gasteiger partial charge < -0.3 is 15.8 Å². The molecule has 1 aromatic carbocycles. The molecule has 0 unspecified atom stereocenters. The Bertz CT molecular complexity index is 444. The van der Waals surface area contributed by atoms with Crippen LogP contribution >= 0.6 is 12.4 Å². The van der Waals surface area contributed by atoms with Gasteiger partial charge in [-0.05, 0) is 43.5 Å². The van der Waals surface area contributed by atoms with E-state index in [9.17, 15) is 9.18 Å². The minimum Gasteiger partial charge on any atom is -0.494 e. The quantitative estimate of drug-likeness (QED) is 0.647. The lowest BCUT2D eigenvalue weighted by Gasteiger charge is -2.07. The van der Waals surface area contributed by atoms with Crippen molar-refractivity contribution in [2.45, 2.75) is 38.5 Å². The number of hydrogen-bond donors (Lipinski definition) is 2. The lowest BCUT2D eigenvalue weighted by Crippen LogP contribution is -2.25. The van der Waals surface area contributed by atoms with Crippen molar-refractivity contribution in [2.75, 3.05) is 20.2 Å². The summed E-state index contributed by atoms with van der Waals surface area (Å²) in [6.45, 7) is 1.23. The number of hydrogen-bond acceptors (Lipinski definition) is 3. The van der Waals surface area contributed by atoms with Crippen molar-refractivity contribution < 1.29 is 13.9 Å². The van der Waals surface area contributed by atoms with E-state index in [1.807, 2.05) is 0 Å². The van der Waals surface area contributed by atoms with Crippen LogP contribution in [-0.4, -0.2) is 26.1 Å². The van der Waals surface area contributed by atoms with Crippen LogP contribution < -0.4 is 15.8 Å². The van der Waals surface area contributed by atoms with Crippen molar-refractivity contribution >= 4 is 18.3 Å². The molecule has 0 fully saturated rings. The van der Waals surface area contributed by atoms with E-state index < -0.39 is 0 Å². The van der Waals surface area contributed by atoms with Crippen molar-refractivity contribution in [2.24, 2.45) is 5.73 Å². The van der Waals surface area contributed by atoms with Gasteiger partial charge in [-0.25, -0.2) is 4.39 Å². The molecule has 0 aliphatic heterocycles. The predicted molar refractivity (Wildman–Crippen MR) is 89.1 cm³/mol. The third kappa shape index (κ3) is 8.20. The van der Waals surface area contributed by atoms with Gasteiger partial charge >= 0.3 is 0 Å². The van der Waals surface area contributed by atoms with Crippen LogP contribution in [0.25, 0.3) is 0 Å². The van der Waals surface area contributed by atoms with E-state index in [0.29, 0.717) is 25.9 Å². The molecule has 0 bridgehead atoms. The smallest absolute Gasteiger partial charge is 0.220 e. The molecule has 0 spiro atoms. The first-order chi connectivity index (χ1) is 10.2. The average molecular weight is 333 g/mol. The van der Waals surface area contributed by atoms with E-state index in [4.69, 9.17) is 10.5 Å². The van der Waals surface area contributed by atoms with Crippen LogP contribution in [0.4, 0.5) is 4.39 Å². The first kappa shape index (κ1) is 20.7. The molecule has 6 heteroatoms. The monoisotopic (exact) mass is 332 g/mol. The molecule has 0 aliphatic rings. The molecule has 1 rings (SSSR count). The van der Waals surface area contributed by atoms with Crippen LogP contribution in [0.15, 0.2) is 18.2 Å². The van der Waals surface area contributed by atoms with Gasteiger partial charge in [0.2, 0.25) is 5.91 Å². The van der Waals surface area contributed by atoms with Crippen molar-refractivity contribution in [1.82, 2.24) is 5.32 Å². The Hall–Kier alpha value is -1.33. The Morgan fingerprint density at radius 2 is 2.00 bits per heavy atom. The van der Waals surface area contributed by atoms with Crippen LogP contribution in [0.1, 0.15) is 37.7 Å². The molecule has 3 N–H and O–H groups in total. The topological polar surface area (TPSA) is 64.3 Å². The zero-order chi connectivity index (χ0) is 15.5. The van der Waals surface area contributed by atoms with Gasteiger partial charge in [0.15, 0.2) is 11.6 Å². The van der Waals surface area contributed by atoms with Crippen LogP contribution in [0.5, 0.6) is 5.75 Å². The van der Waals surface area contributed by atoms with Gasteiger partial charge in [0.05, 0.1) is 7.11 Å². The summed E-state index contributed by atoms with van der Waals surface area (Å²) in [5, 5.41) is 2.85. The second-order valence-electron chi connectivity index (χ2n) is 5.02. The van der Waals surface area contributed by atoms with E-state index in [0.717, 1.165) is 31.2 Å². The molecule has 0 atom stereocenters. The molecule has 0 aliphatic carbocycles. The summed E-state index contributed by atoms with van der Waals surface area (Å²) >= 11 is 0. The third-order valence-electron chi connectivity index (χ3n) is 3.31. The molecule has 1 amide bonds. The lowest BCUT2D eigenvalue weighted by molar-refractivity contribution is -0.121. The Morgan fingerprint density at radius 3 is 2.64 bits per heavy atom. The number of carbonyl (C=O) groups is 1.